The topological polar surface area (TPSA) is 63.7 Å². The van der Waals surface area contributed by atoms with E-state index in [1.54, 1.807) is 48.5 Å². The van der Waals surface area contributed by atoms with Gasteiger partial charge in [0.1, 0.15) is 5.75 Å². The van der Waals surface area contributed by atoms with Gasteiger partial charge in [-0.3, -0.25) is 19.3 Å². The number of ether oxygens (including phenoxy) is 1. The molecule has 0 radical (unpaired) electrons. The molecule has 2 amide bonds. The van der Waals surface area contributed by atoms with Crippen molar-refractivity contribution in [2.75, 3.05) is 11.5 Å². The Bertz CT molecular complexity index is 1090. The highest BCUT2D eigenvalue weighted by atomic mass is 35.5. The summed E-state index contributed by atoms with van der Waals surface area (Å²) in [5, 5.41) is 0.569. The van der Waals surface area contributed by atoms with E-state index in [9.17, 15) is 14.4 Å². The number of halogens is 1. The molecule has 2 aromatic carbocycles. The molecule has 5 nitrogen and oxygen atoms in total. The molecule has 2 aromatic rings. The van der Waals surface area contributed by atoms with Gasteiger partial charge in [0, 0.05) is 10.6 Å². The van der Waals surface area contributed by atoms with Gasteiger partial charge in [-0.05, 0) is 78.6 Å². The Morgan fingerprint density at radius 3 is 2.06 bits per heavy atom. The van der Waals surface area contributed by atoms with Crippen LogP contribution < -0.4 is 9.64 Å². The summed E-state index contributed by atoms with van der Waals surface area (Å²) < 4.78 is 5.60. The fourth-order valence-corrected chi connectivity index (χ4v) is 5.90. The van der Waals surface area contributed by atoms with E-state index < -0.39 is 0 Å². The Morgan fingerprint density at radius 2 is 1.48 bits per heavy atom. The number of amides is 2. The number of hydrogen-bond acceptors (Lipinski definition) is 4. The lowest BCUT2D eigenvalue weighted by molar-refractivity contribution is -0.124. The fourth-order valence-electron chi connectivity index (χ4n) is 5.77. The molecule has 6 heteroatoms. The summed E-state index contributed by atoms with van der Waals surface area (Å²) in [4.78, 5) is 40.0. The fraction of sp³-hybridized carbons (Fsp3) is 0.320. The molecule has 6 atom stereocenters. The molecule has 2 saturated carbocycles. The van der Waals surface area contributed by atoms with Crippen LogP contribution in [0.5, 0.6) is 5.75 Å². The first-order valence-corrected chi connectivity index (χ1v) is 11.0. The number of ketones is 1. The van der Waals surface area contributed by atoms with E-state index in [4.69, 9.17) is 16.3 Å². The number of hydrogen-bond donors (Lipinski definition) is 0. The second-order valence-corrected chi connectivity index (χ2v) is 9.32. The highest BCUT2D eigenvalue weighted by molar-refractivity contribution is 6.30. The van der Waals surface area contributed by atoms with Crippen molar-refractivity contribution in [1.29, 1.82) is 0 Å². The maximum Gasteiger partial charge on any atom is 0.238 e. The second kappa shape index (κ2) is 6.79. The van der Waals surface area contributed by atoms with E-state index in [1.165, 1.54) is 4.90 Å². The highest BCUT2D eigenvalue weighted by Crippen LogP contribution is 2.65. The zero-order chi connectivity index (χ0) is 21.3. The number of rotatable bonds is 5. The number of Topliss-reactive ketones (excluding diaryl/α,β-unsaturated/α-hetero) is 1. The third-order valence-electron chi connectivity index (χ3n) is 7.29. The number of benzene rings is 2. The molecule has 0 N–H and O–H groups in total. The molecule has 4 aliphatic carbocycles. The first-order valence-electron chi connectivity index (χ1n) is 10.6. The minimum Gasteiger partial charge on any atom is -0.485 e. The normalized spacial score (nSPS) is 32.1. The van der Waals surface area contributed by atoms with Crippen molar-refractivity contribution in [3.05, 3.63) is 71.3 Å². The number of anilines is 1. The molecule has 1 saturated heterocycles. The Morgan fingerprint density at radius 1 is 0.903 bits per heavy atom. The van der Waals surface area contributed by atoms with Gasteiger partial charge in [0.05, 0.1) is 17.5 Å². The van der Waals surface area contributed by atoms with Crippen molar-refractivity contribution < 1.29 is 19.1 Å². The van der Waals surface area contributed by atoms with E-state index in [0.717, 1.165) is 6.42 Å². The van der Waals surface area contributed by atoms with E-state index in [2.05, 4.69) is 12.2 Å². The van der Waals surface area contributed by atoms with Gasteiger partial charge in [-0.15, -0.1) is 0 Å². The number of carbonyl (C=O) groups is 3. The molecular formula is C25H20ClNO4. The van der Waals surface area contributed by atoms with Crippen LogP contribution in [0, 0.1) is 35.5 Å². The van der Waals surface area contributed by atoms with Gasteiger partial charge in [0.25, 0.3) is 0 Å². The smallest absolute Gasteiger partial charge is 0.238 e. The Hall–Kier alpha value is -2.92. The minimum atomic E-state index is -0.209. The van der Waals surface area contributed by atoms with Crippen LogP contribution >= 0.6 is 11.6 Å². The van der Waals surface area contributed by atoms with Gasteiger partial charge in [-0.2, -0.15) is 0 Å². The number of imide groups is 1. The molecule has 156 valence electrons. The first kappa shape index (κ1) is 18.8. The summed E-state index contributed by atoms with van der Waals surface area (Å²) in [5.41, 5.74) is 1.09. The van der Waals surface area contributed by atoms with Crippen LogP contribution in [0.4, 0.5) is 5.69 Å². The summed E-state index contributed by atoms with van der Waals surface area (Å²) in [6.45, 7) is -0.107. The summed E-state index contributed by atoms with van der Waals surface area (Å²) >= 11 is 5.85. The number of allylic oxidation sites excluding steroid dienone is 2. The zero-order valence-electron chi connectivity index (χ0n) is 16.6. The molecule has 5 aliphatic rings. The van der Waals surface area contributed by atoms with Gasteiger partial charge in [-0.1, -0.05) is 23.8 Å². The van der Waals surface area contributed by atoms with Crippen LogP contribution in [-0.2, 0) is 9.59 Å². The average Bonchev–Trinajstić information content (AvgIpc) is 3.56. The van der Waals surface area contributed by atoms with Crippen LogP contribution in [0.25, 0.3) is 0 Å². The lowest BCUT2D eigenvalue weighted by atomic mass is 9.63. The van der Waals surface area contributed by atoms with Crippen LogP contribution in [0.1, 0.15) is 16.8 Å². The molecule has 7 rings (SSSR count). The molecule has 3 fully saturated rings. The molecule has 1 aliphatic heterocycles. The van der Waals surface area contributed by atoms with Crippen LogP contribution in [0.2, 0.25) is 5.02 Å². The largest absolute Gasteiger partial charge is 0.485 e. The molecule has 31 heavy (non-hydrogen) atoms. The molecule has 2 bridgehead atoms. The third kappa shape index (κ3) is 2.87. The van der Waals surface area contributed by atoms with Crippen molar-refractivity contribution in [3.63, 3.8) is 0 Å². The molecule has 1 heterocycles. The highest BCUT2D eigenvalue weighted by Gasteiger charge is 2.67. The van der Waals surface area contributed by atoms with Gasteiger partial charge >= 0.3 is 0 Å². The Balaban J connectivity index is 1.16. The Labute approximate surface area is 184 Å². The molecule has 0 spiro atoms. The molecule has 0 unspecified atom stereocenters. The van der Waals surface area contributed by atoms with E-state index in [1.807, 2.05) is 0 Å². The van der Waals surface area contributed by atoms with Gasteiger partial charge in [0.2, 0.25) is 11.8 Å². The van der Waals surface area contributed by atoms with Gasteiger partial charge in [0.15, 0.2) is 12.4 Å². The summed E-state index contributed by atoms with van der Waals surface area (Å²) in [5.74, 6) is 1.37. The van der Waals surface area contributed by atoms with Gasteiger partial charge in [-0.25, -0.2) is 0 Å². The monoisotopic (exact) mass is 433 g/mol. The van der Waals surface area contributed by atoms with Crippen molar-refractivity contribution in [2.24, 2.45) is 35.5 Å². The van der Waals surface area contributed by atoms with Crippen molar-refractivity contribution in [3.8, 4) is 5.75 Å². The van der Waals surface area contributed by atoms with E-state index in [-0.39, 0.29) is 47.9 Å². The van der Waals surface area contributed by atoms with Crippen LogP contribution in [0.3, 0.4) is 0 Å². The summed E-state index contributed by atoms with van der Waals surface area (Å²) in [6.07, 6.45) is 5.49. The number of nitrogens with zero attached hydrogens (tertiary/aromatic N) is 1. The quantitative estimate of drug-likeness (QED) is 0.403. The summed E-state index contributed by atoms with van der Waals surface area (Å²) in [6, 6.07) is 13.5. The molecule has 0 aromatic heterocycles. The standard InChI is InChI=1S/C25H20ClNO4/c26-14-3-1-13(2-4-14)21(28)12-31-16-7-5-15(6-8-16)27-24(29)22-17-9-10-18(20-11-19(17)20)23(22)25(27)30/h1-10,17-20,22-23H,11-12H2/t17-,18+,19-,20-,22+,23-/m1/s1. The maximum absolute atomic E-state index is 13.2. The predicted molar refractivity (Wildman–Crippen MR) is 115 cm³/mol. The SMILES string of the molecule is O=C(COc1ccc(N2C(=O)[C@@H]3[C@H]4C=C[C@H]([C@H]5C[C@H]45)[C@@H]3C2=O)cc1)c1ccc(Cl)cc1. The van der Waals surface area contributed by atoms with Gasteiger partial charge < -0.3 is 4.74 Å². The third-order valence-corrected chi connectivity index (χ3v) is 7.55. The second-order valence-electron chi connectivity index (χ2n) is 8.88. The zero-order valence-corrected chi connectivity index (χ0v) is 17.4. The lowest BCUT2D eigenvalue weighted by Gasteiger charge is -2.37. The maximum atomic E-state index is 13.2. The van der Waals surface area contributed by atoms with E-state index in [0.29, 0.717) is 33.9 Å². The number of carbonyl (C=O) groups excluding carboxylic acids is 3. The van der Waals surface area contributed by atoms with Crippen molar-refractivity contribution >= 4 is 34.9 Å². The first-order chi connectivity index (χ1) is 15.0. The van der Waals surface area contributed by atoms with Crippen molar-refractivity contribution in [2.45, 2.75) is 6.42 Å². The molecular weight excluding hydrogens is 414 g/mol. The van der Waals surface area contributed by atoms with Crippen LogP contribution in [-0.4, -0.2) is 24.2 Å². The van der Waals surface area contributed by atoms with E-state index >= 15 is 0 Å². The lowest BCUT2D eigenvalue weighted by Crippen LogP contribution is -2.40. The van der Waals surface area contributed by atoms with Crippen molar-refractivity contribution in [1.82, 2.24) is 0 Å². The summed E-state index contributed by atoms with van der Waals surface area (Å²) in [7, 11) is 0. The predicted octanol–water partition coefficient (Wildman–Crippen LogP) is 4.16. The average molecular weight is 434 g/mol. The minimum absolute atomic E-state index is 0.0775. The van der Waals surface area contributed by atoms with Crippen LogP contribution in [0.15, 0.2) is 60.7 Å². The Kier molecular flexibility index (Phi) is 4.12.